The maximum atomic E-state index is 6.83. The zero-order chi connectivity index (χ0) is 39.0. The summed E-state index contributed by atoms with van der Waals surface area (Å²) in [6, 6.07) is 68.1. The average Bonchev–Trinajstić information content (AvgIpc) is 3.53. The van der Waals surface area contributed by atoms with Gasteiger partial charge in [-0.1, -0.05) is 149 Å². The van der Waals surface area contributed by atoms with Crippen molar-refractivity contribution in [2.75, 3.05) is 9.80 Å². The molecule has 1 spiro atoms. The Labute approximate surface area is 341 Å². The van der Waals surface area contributed by atoms with Gasteiger partial charge in [-0.15, -0.1) is 0 Å². The van der Waals surface area contributed by atoms with E-state index in [0.717, 1.165) is 11.5 Å². The third-order valence-electron chi connectivity index (χ3n) is 13.7. The van der Waals surface area contributed by atoms with Crippen LogP contribution in [-0.2, 0) is 10.8 Å². The third kappa shape index (κ3) is 4.23. The van der Waals surface area contributed by atoms with Gasteiger partial charge in [0.05, 0.1) is 22.7 Å². The number of anilines is 6. The van der Waals surface area contributed by atoms with E-state index < -0.39 is 8.07 Å². The predicted octanol–water partition coefficient (Wildman–Crippen LogP) is 11.4. The van der Waals surface area contributed by atoms with Crippen LogP contribution in [0, 0.1) is 0 Å². The number of hydrogen-bond acceptors (Lipinski definition) is 3. The maximum absolute atomic E-state index is 6.83. The highest BCUT2D eigenvalue weighted by Crippen LogP contribution is 2.54. The number of para-hydroxylation sites is 6. The Morgan fingerprint density at radius 2 is 0.690 bits per heavy atom. The van der Waals surface area contributed by atoms with Gasteiger partial charge in [0.2, 0.25) is 0 Å². The van der Waals surface area contributed by atoms with Gasteiger partial charge in [0.1, 0.15) is 11.5 Å². The molecule has 0 unspecified atom stereocenters. The molecular weight excluding hydrogens is 721 g/mol. The number of rotatable bonds is 2. The maximum Gasteiger partial charge on any atom is 0.189 e. The van der Waals surface area contributed by atoms with Gasteiger partial charge in [0, 0.05) is 22.2 Å². The van der Waals surface area contributed by atoms with Crippen LogP contribution in [0.25, 0.3) is 11.1 Å². The van der Waals surface area contributed by atoms with Crippen LogP contribution in [0.4, 0.5) is 34.1 Å². The summed E-state index contributed by atoms with van der Waals surface area (Å²) in [7, 11) is -2.99. The summed E-state index contributed by atoms with van der Waals surface area (Å²) in [6.45, 7) is 9.43. The van der Waals surface area contributed by atoms with E-state index in [-0.39, 0.29) is 10.8 Å². The molecule has 3 nitrogen and oxygen atoms in total. The highest BCUT2D eigenvalue weighted by molar-refractivity contribution is 7.23. The molecule has 4 heteroatoms. The topological polar surface area (TPSA) is 15.7 Å². The Morgan fingerprint density at radius 1 is 0.362 bits per heavy atom. The molecule has 0 amide bonds. The molecule has 0 aromatic heterocycles. The lowest BCUT2D eigenvalue weighted by molar-refractivity contribution is 0.487. The molecule has 0 saturated carbocycles. The Bertz CT molecular complexity index is 2730. The van der Waals surface area contributed by atoms with Crippen LogP contribution >= 0.6 is 0 Å². The quantitative estimate of drug-likeness (QED) is 0.163. The minimum absolute atomic E-state index is 0.136. The molecule has 12 rings (SSSR count). The molecule has 58 heavy (non-hydrogen) atoms. The summed E-state index contributed by atoms with van der Waals surface area (Å²) in [6.07, 6.45) is 0. The molecule has 0 N–H and O–H groups in total. The fraction of sp³-hybridized carbons (Fsp3) is 0.111. The molecule has 0 fully saturated rings. The molecule has 8 aromatic rings. The third-order valence-corrected chi connectivity index (χ3v) is 18.6. The predicted molar refractivity (Wildman–Crippen MR) is 243 cm³/mol. The Hall–Kier alpha value is -6.62. The molecule has 0 saturated heterocycles. The van der Waals surface area contributed by atoms with E-state index >= 15 is 0 Å². The SMILES string of the molecule is CC1(C)c2ccccc2N(c2ccc3c(c2)[Si]2(c4ccccc4Oc4ccccc42)c2cc(N4c5ccccc5C(C)(C)c5ccccc54)ccc2-3)c2ccccc21. The molecule has 4 aliphatic heterocycles. The van der Waals surface area contributed by atoms with Gasteiger partial charge in [0.15, 0.2) is 8.07 Å². The molecule has 0 radical (unpaired) electrons. The van der Waals surface area contributed by atoms with Crippen molar-refractivity contribution in [3.05, 3.63) is 204 Å². The molecular formula is C54H42N2OSi. The number of benzene rings is 8. The van der Waals surface area contributed by atoms with Crippen molar-refractivity contribution in [3.8, 4) is 22.6 Å². The summed E-state index contributed by atoms with van der Waals surface area (Å²) < 4.78 is 6.83. The molecule has 4 aliphatic rings. The molecule has 8 aromatic carbocycles. The van der Waals surface area contributed by atoms with Crippen LogP contribution in [0.1, 0.15) is 49.9 Å². The molecule has 0 atom stereocenters. The zero-order valence-corrected chi connectivity index (χ0v) is 34.1. The van der Waals surface area contributed by atoms with E-state index in [1.54, 1.807) is 0 Å². The van der Waals surface area contributed by atoms with Gasteiger partial charge in [-0.3, -0.25) is 0 Å². The summed E-state index contributed by atoms with van der Waals surface area (Å²) in [5.41, 5.74) is 15.0. The Balaban J connectivity index is 1.15. The summed E-state index contributed by atoms with van der Waals surface area (Å²) in [5, 5.41) is 5.40. The second kappa shape index (κ2) is 11.7. The van der Waals surface area contributed by atoms with Crippen molar-refractivity contribution in [3.63, 3.8) is 0 Å². The minimum Gasteiger partial charge on any atom is -0.458 e. The lowest BCUT2D eigenvalue weighted by Gasteiger charge is -2.43. The fourth-order valence-corrected chi connectivity index (χ4v) is 16.5. The minimum atomic E-state index is -2.99. The first-order valence-electron chi connectivity index (χ1n) is 20.4. The van der Waals surface area contributed by atoms with Crippen LogP contribution < -0.4 is 35.3 Å². The first kappa shape index (κ1) is 33.5. The van der Waals surface area contributed by atoms with Crippen molar-refractivity contribution in [2.45, 2.75) is 38.5 Å². The molecule has 278 valence electrons. The van der Waals surface area contributed by atoms with Crippen LogP contribution in [0.2, 0.25) is 0 Å². The summed E-state index contributed by atoms with van der Waals surface area (Å²) in [5.74, 6) is 1.90. The Morgan fingerprint density at radius 3 is 1.07 bits per heavy atom. The van der Waals surface area contributed by atoms with Crippen molar-refractivity contribution >= 4 is 62.9 Å². The van der Waals surface area contributed by atoms with E-state index in [9.17, 15) is 0 Å². The van der Waals surface area contributed by atoms with Crippen LogP contribution in [0.5, 0.6) is 11.5 Å². The van der Waals surface area contributed by atoms with Gasteiger partial charge in [-0.2, -0.15) is 0 Å². The standard InChI is InChI=1S/C54H42N2OSi/c1-53(2)39-17-5-9-21-43(39)55(44-22-10-6-18-40(44)53)35-29-31-37-38-32-30-36(56-45-23-11-7-19-41(45)54(3,4)42-20-8-12-24-46(42)56)34-52(38)58(51(37)33-35)49-27-15-13-25-47(49)57-48-26-14-16-28-50(48)58/h5-34H,1-4H3. The Kier molecular flexibility index (Phi) is 6.77. The molecule has 4 heterocycles. The summed E-state index contributed by atoms with van der Waals surface area (Å²) in [4.78, 5) is 5.01. The largest absolute Gasteiger partial charge is 0.458 e. The van der Waals surface area contributed by atoms with Gasteiger partial charge < -0.3 is 14.5 Å². The number of nitrogens with zero attached hydrogens (tertiary/aromatic N) is 2. The number of hydrogen-bond donors (Lipinski definition) is 0. The van der Waals surface area contributed by atoms with Crippen LogP contribution in [0.3, 0.4) is 0 Å². The van der Waals surface area contributed by atoms with Crippen LogP contribution in [0.15, 0.2) is 182 Å². The van der Waals surface area contributed by atoms with Crippen molar-refractivity contribution < 1.29 is 4.74 Å². The van der Waals surface area contributed by atoms with Gasteiger partial charge in [-0.05, 0) is 115 Å². The van der Waals surface area contributed by atoms with Crippen molar-refractivity contribution in [2.24, 2.45) is 0 Å². The number of ether oxygens (including phenoxy) is 1. The highest BCUT2D eigenvalue weighted by atomic mass is 28.3. The normalized spacial score (nSPS) is 16.4. The average molecular weight is 763 g/mol. The lowest BCUT2D eigenvalue weighted by Crippen LogP contribution is -2.74. The van der Waals surface area contributed by atoms with Gasteiger partial charge in [0.25, 0.3) is 0 Å². The van der Waals surface area contributed by atoms with Gasteiger partial charge >= 0.3 is 0 Å². The highest BCUT2D eigenvalue weighted by Gasteiger charge is 2.54. The van der Waals surface area contributed by atoms with Crippen molar-refractivity contribution in [1.82, 2.24) is 0 Å². The number of fused-ring (bicyclic) bond motifs is 13. The van der Waals surface area contributed by atoms with E-state index in [0.29, 0.717) is 0 Å². The van der Waals surface area contributed by atoms with Crippen molar-refractivity contribution in [1.29, 1.82) is 0 Å². The van der Waals surface area contributed by atoms with E-state index in [1.165, 1.54) is 88.3 Å². The second-order valence-corrected chi connectivity index (χ2v) is 20.9. The molecule has 0 aliphatic carbocycles. The van der Waals surface area contributed by atoms with E-state index in [4.69, 9.17) is 4.74 Å². The first-order valence-corrected chi connectivity index (χ1v) is 22.4. The second-order valence-electron chi connectivity index (χ2n) is 17.3. The smallest absolute Gasteiger partial charge is 0.189 e. The molecule has 0 bridgehead atoms. The lowest BCUT2D eigenvalue weighted by atomic mass is 9.73. The summed E-state index contributed by atoms with van der Waals surface area (Å²) >= 11 is 0. The fourth-order valence-electron chi connectivity index (χ4n) is 11.0. The van der Waals surface area contributed by atoms with E-state index in [1.807, 2.05) is 0 Å². The van der Waals surface area contributed by atoms with E-state index in [2.05, 4.69) is 219 Å². The van der Waals surface area contributed by atoms with Crippen LogP contribution in [-0.4, -0.2) is 8.07 Å². The monoisotopic (exact) mass is 762 g/mol. The van der Waals surface area contributed by atoms with Gasteiger partial charge in [-0.25, -0.2) is 0 Å². The first-order chi connectivity index (χ1) is 28.3. The zero-order valence-electron chi connectivity index (χ0n) is 33.1.